The van der Waals surface area contributed by atoms with Gasteiger partial charge in [0.25, 0.3) is 11.6 Å². The smallest absolute Gasteiger partial charge is 0.284 e. The summed E-state index contributed by atoms with van der Waals surface area (Å²) in [7, 11) is 0. The zero-order valence-electron chi connectivity index (χ0n) is 10.8. The van der Waals surface area contributed by atoms with E-state index < -0.39 is 4.92 Å². The molecule has 1 aliphatic heterocycles. The van der Waals surface area contributed by atoms with Crippen LogP contribution in [0, 0.1) is 16.0 Å². The zero-order valence-corrected chi connectivity index (χ0v) is 12.4. The van der Waals surface area contributed by atoms with Crippen molar-refractivity contribution in [2.45, 2.75) is 12.8 Å². The van der Waals surface area contributed by atoms with Gasteiger partial charge in [-0.1, -0.05) is 0 Å². The number of amides is 1. The first-order chi connectivity index (χ1) is 9.52. The Morgan fingerprint density at radius 1 is 1.55 bits per heavy atom. The summed E-state index contributed by atoms with van der Waals surface area (Å²) >= 11 is 3.10. The Balaban J connectivity index is 2.14. The van der Waals surface area contributed by atoms with Gasteiger partial charge in [0, 0.05) is 31.3 Å². The average molecular weight is 343 g/mol. The fourth-order valence-electron chi connectivity index (χ4n) is 2.40. The average Bonchev–Trinajstić information content (AvgIpc) is 2.87. The lowest BCUT2D eigenvalue weighted by molar-refractivity contribution is -0.385. The van der Waals surface area contributed by atoms with Crippen molar-refractivity contribution in [3.05, 3.63) is 38.3 Å². The molecule has 20 heavy (non-hydrogen) atoms. The van der Waals surface area contributed by atoms with Crippen LogP contribution in [0.5, 0.6) is 0 Å². The highest BCUT2D eigenvalue weighted by Crippen LogP contribution is 2.27. The third-order valence-electron chi connectivity index (χ3n) is 3.50. The number of nitrogens with zero attached hydrogens (tertiary/aromatic N) is 2. The van der Waals surface area contributed by atoms with Crippen LogP contribution in [0.2, 0.25) is 0 Å². The Labute approximate surface area is 124 Å². The van der Waals surface area contributed by atoms with E-state index in [1.54, 1.807) is 11.0 Å². The molecule has 1 saturated heterocycles. The van der Waals surface area contributed by atoms with E-state index >= 15 is 0 Å². The first-order valence-corrected chi connectivity index (χ1v) is 7.16. The van der Waals surface area contributed by atoms with Crippen molar-refractivity contribution in [3.8, 4) is 0 Å². The lowest BCUT2D eigenvalue weighted by atomic mass is 10.1. The molecule has 108 valence electrons. The van der Waals surface area contributed by atoms with Gasteiger partial charge in [0.2, 0.25) is 0 Å². The summed E-state index contributed by atoms with van der Waals surface area (Å²) in [4.78, 5) is 24.4. The van der Waals surface area contributed by atoms with Crippen LogP contribution >= 0.6 is 15.9 Å². The number of carbonyl (C=O) groups is 1. The number of rotatable bonds is 4. The highest BCUT2D eigenvalue weighted by Gasteiger charge is 2.27. The van der Waals surface area contributed by atoms with Crippen molar-refractivity contribution < 1.29 is 14.8 Å². The van der Waals surface area contributed by atoms with E-state index in [4.69, 9.17) is 5.11 Å². The van der Waals surface area contributed by atoms with Gasteiger partial charge >= 0.3 is 0 Å². The zero-order chi connectivity index (χ0) is 14.7. The molecule has 1 amide bonds. The van der Waals surface area contributed by atoms with E-state index in [9.17, 15) is 14.9 Å². The van der Waals surface area contributed by atoms with Gasteiger partial charge in [-0.3, -0.25) is 14.9 Å². The molecule has 1 atom stereocenters. The monoisotopic (exact) mass is 342 g/mol. The fraction of sp³-hybridized carbons (Fsp3) is 0.462. The molecule has 1 N–H and O–H groups in total. The van der Waals surface area contributed by atoms with E-state index in [0.29, 0.717) is 35.5 Å². The molecule has 7 heteroatoms. The lowest BCUT2D eigenvalue weighted by Gasteiger charge is -2.16. The summed E-state index contributed by atoms with van der Waals surface area (Å²) in [6.07, 6.45) is 1.55. The first-order valence-electron chi connectivity index (χ1n) is 6.37. The van der Waals surface area contributed by atoms with E-state index in [0.717, 1.165) is 6.42 Å². The Kier molecular flexibility index (Phi) is 4.72. The molecule has 1 aromatic rings. The van der Waals surface area contributed by atoms with Gasteiger partial charge in [-0.05, 0) is 46.8 Å². The van der Waals surface area contributed by atoms with Crippen molar-refractivity contribution in [3.63, 3.8) is 0 Å². The molecule has 1 unspecified atom stereocenters. The van der Waals surface area contributed by atoms with Gasteiger partial charge in [-0.2, -0.15) is 0 Å². The van der Waals surface area contributed by atoms with Crippen LogP contribution in [0.1, 0.15) is 23.2 Å². The molecule has 1 aliphatic rings. The summed E-state index contributed by atoms with van der Waals surface area (Å²) in [5.41, 5.74) is 0.214. The standard InChI is InChI=1S/C13H15BrN2O4/c14-11-2-1-10(7-12(11)16(19)20)13(18)15-5-3-9(8-15)4-6-17/h1-2,7,9,17H,3-6,8H2. The van der Waals surface area contributed by atoms with Crippen LogP contribution in [-0.4, -0.2) is 40.5 Å². The second kappa shape index (κ2) is 6.32. The van der Waals surface area contributed by atoms with Crippen LogP contribution < -0.4 is 0 Å². The molecule has 0 bridgehead atoms. The summed E-state index contributed by atoms with van der Waals surface area (Å²) in [6, 6.07) is 4.40. The third-order valence-corrected chi connectivity index (χ3v) is 4.17. The minimum atomic E-state index is -0.514. The molecule has 0 aliphatic carbocycles. The SMILES string of the molecule is O=C(c1ccc(Br)c([N+](=O)[O-])c1)N1CCC(CCO)C1. The number of benzene rings is 1. The van der Waals surface area contributed by atoms with Crippen LogP contribution in [0.4, 0.5) is 5.69 Å². The number of carbonyl (C=O) groups excluding carboxylic acids is 1. The maximum absolute atomic E-state index is 12.3. The minimum Gasteiger partial charge on any atom is -0.396 e. The number of aliphatic hydroxyl groups excluding tert-OH is 1. The summed E-state index contributed by atoms with van der Waals surface area (Å²) in [6.45, 7) is 1.35. The van der Waals surface area contributed by atoms with Crippen LogP contribution in [0.25, 0.3) is 0 Å². The van der Waals surface area contributed by atoms with Crippen molar-refractivity contribution in [1.82, 2.24) is 4.90 Å². The third kappa shape index (κ3) is 3.16. The second-order valence-corrected chi connectivity index (χ2v) is 5.70. The summed E-state index contributed by atoms with van der Waals surface area (Å²) in [5.74, 6) is 0.121. The number of hydrogen-bond donors (Lipinski definition) is 1. The second-order valence-electron chi connectivity index (χ2n) is 4.84. The molecule has 0 saturated carbocycles. The normalized spacial score (nSPS) is 18.3. The maximum atomic E-state index is 12.3. The number of aliphatic hydroxyl groups is 1. The van der Waals surface area contributed by atoms with Gasteiger partial charge in [0.1, 0.15) is 0 Å². The van der Waals surface area contributed by atoms with Gasteiger partial charge in [0.15, 0.2) is 0 Å². The van der Waals surface area contributed by atoms with Gasteiger partial charge < -0.3 is 10.0 Å². The molecule has 0 spiro atoms. The van der Waals surface area contributed by atoms with E-state index in [1.165, 1.54) is 12.1 Å². The quantitative estimate of drug-likeness (QED) is 0.671. The molecule has 2 rings (SSSR count). The Hall–Kier alpha value is -1.47. The largest absolute Gasteiger partial charge is 0.396 e. The number of hydrogen-bond acceptors (Lipinski definition) is 4. The van der Waals surface area contributed by atoms with Gasteiger partial charge in [-0.25, -0.2) is 0 Å². The Morgan fingerprint density at radius 3 is 2.95 bits per heavy atom. The van der Waals surface area contributed by atoms with Crippen molar-refractivity contribution in [1.29, 1.82) is 0 Å². The van der Waals surface area contributed by atoms with Gasteiger partial charge in [-0.15, -0.1) is 0 Å². The molecule has 1 fully saturated rings. The molecular weight excluding hydrogens is 328 g/mol. The van der Waals surface area contributed by atoms with Crippen molar-refractivity contribution in [2.75, 3.05) is 19.7 Å². The fourth-order valence-corrected chi connectivity index (χ4v) is 2.79. The highest BCUT2D eigenvalue weighted by atomic mass is 79.9. The Bertz CT molecular complexity index is 535. The molecule has 6 nitrogen and oxygen atoms in total. The maximum Gasteiger partial charge on any atom is 0.284 e. The molecular formula is C13H15BrN2O4. The van der Waals surface area contributed by atoms with Crippen LogP contribution in [0.3, 0.4) is 0 Å². The van der Waals surface area contributed by atoms with E-state index in [2.05, 4.69) is 15.9 Å². The van der Waals surface area contributed by atoms with Gasteiger partial charge in [0.05, 0.1) is 9.40 Å². The Morgan fingerprint density at radius 2 is 2.30 bits per heavy atom. The first kappa shape index (κ1) is 14.9. The number of nitro groups is 1. The van der Waals surface area contributed by atoms with Crippen LogP contribution in [-0.2, 0) is 0 Å². The summed E-state index contributed by atoms with van der Waals surface area (Å²) in [5, 5.41) is 19.8. The van der Waals surface area contributed by atoms with E-state index in [-0.39, 0.29) is 18.2 Å². The number of nitro benzene ring substituents is 1. The van der Waals surface area contributed by atoms with Crippen molar-refractivity contribution in [2.24, 2.45) is 5.92 Å². The molecule has 0 radical (unpaired) electrons. The van der Waals surface area contributed by atoms with Crippen molar-refractivity contribution >= 4 is 27.5 Å². The predicted octanol–water partition coefficient (Wildman–Crippen LogP) is 2.20. The topological polar surface area (TPSA) is 83.7 Å². The lowest BCUT2D eigenvalue weighted by Crippen LogP contribution is -2.28. The molecule has 0 aromatic heterocycles. The van der Waals surface area contributed by atoms with Crippen LogP contribution in [0.15, 0.2) is 22.7 Å². The number of likely N-dealkylation sites (tertiary alicyclic amines) is 1. The summed E-state index contributed by atoms with van der Waals surface area (Å²) < 4.78 is 0.360. The number of halogens is 1. The minimum absolute atomic E-state index is 0.109. The predicted molar refractivity (Wildman–Crippen MR) is 76.5 cm³/mol. The highest BCUT2D eigenvalue weighted by molar-refractivity contribution is 9.10. The molecule has 1 heterocycles. The molecule has 1 aromatic carbocycles. The van der Waals surface area contributed by atoms with E-state index in [1.807, 2.05) is 0 Å².